The zero-order valence-corrected chi connectivity index (χ0v) is 10.1. The van der Waals surface area contributed by atoms with E-state index in [0.717, 1.165) is 31.1 Å². The van der Waals surface area contributed by atoms with Gasteiger partial charge in [0.2, 0.25) is 0 Å². The van der Waals surface area contributed by atoms with Crippen molar-refractivity contribution in [3.05, 3.63) is 23.5 Å². The molecule has 2 N–H and O–H groups in total. The van der Waals surface area contributed by atoms with Gasteiger partial charge in [0.1, 0.15) is 0 Å². The molecule has 0 spiro atoms. The van der Waals surface area contributed by atoms with Crippen molar-refractivity contribution in [1.82, 2.24) is 0 Å². The maximum Gasteiger partial charge on any atom is 0.342 e. The summed E-state index contributed by atoms with van der Waals surface area (Å²) >= 11 is 0. The second-order valence-electron chi connectivity index (χ2n) is 4.91. The van der Waals surface area contributed by atoms with Gasteiger partial charge < -0.3 is 14.9 Å². The smallest absolute Gasteiger partial charge is 0.342 e. The van der Waals surface area contributed by atoms with E-state index < -0.39 is 17.7 Å². The van der Waals surface area contributed by atoms with Gasteiger partial charge in [-0.15, -0.1) is 0 Å². The number of esters is 1. The van der Waals surface area contributed by atoms with Gasteiger partial charge in [0.15, 0.2) is 5.60 Å². The lowest BCUT2D eigenvalue weighted by molar-refractivity contribution is -0.174. The minimum absolute atomic E-state index is 0.0895. The molecule has 0 aromatic rings. The number of aliphatic hydroxyl groups is 2. The highest BCUT2D eigenvalue weighted by Crippen LogP contribution is 2.46. The predicted molar refractivity (Wildman–Crippen MR) is 62.3 cm³/mol. The van der Waals surface area contributed by atoms with Crippen LogP contribution in [-0.4, -0.2) is 27.9 Å². The molecule has 0 aromatic carbocycles. The Labute approximate surface area is 101 Å². The minimum Gasteiger partial charge on any atom is -0.515 e. The van der Waals surface area contributed by atoms with Crippen molar-refractivity contribution >= 4 is 5.97 Å². The lowest BCUT2D eigenvalue weighted by Gasteiger charge is -2.47. The summed E-state index contributed by atoms with van der Waals surface area (Å²) in [6, 6.07) is 0. The number of aliphatic hydroxyl groups excluding tert-OH is 2. The molecule has 0 aromatic heterocycles. The van der Waals surface area contributed by atoms with Crippen LogP contribution in [0.1, 0.15) is 33.1 Å². The lowest BCUT2D eigenvalue weighted by Crippen LogP contribution is -2.55. The number of carbonyl (C=O) groups excluding carboxylic acids is 1. The SMILES string of the molecule is CC1CCCC2=C/C(=C\O)C(=O)OC21[C@@H](C)O. The zero-order chi connectivity index (χ0) is 12.6. The van der Waals surface area contributed by atoms with E-state index in [0.29, 0.717) is 0 Å². The van der Waals surface area contributed by atoms with Crippen LogP contribution in [0.2, 0.25) is 0 Å². The van der Waals surface area contributed by atoms with Crippen LogP contribution < -0.4 is 0 Å². The van der Waals surface area contributed by atoms with Crippen LogP contribution in [0.15, 0.2) is 23.5 Å². The molecular formula is C13H18O4. The van der Waals surface area contributed by atoms with Crippen molar-refractivity contribution in [3.8, 4) is 0 Å². The van der Waals surface area contributed by atoms with Crippen LogP contribution in [0.3, 0.4) is 0 Å². The van der Waals surface area contributed by atoms with Crippen molar-refractivity contribution in [2.24, 2.45) is 5.92 Å². The van der Waals surface area contributed by atoms with Gasteiger partial charge in [0.25, 0.3) is 0 Å². The standard InChI is InChI=1S/C13H18O4/c1-8-4-3-5-11-6-10(7-14)12(16)17-13(8,11)9(2)15/h6-9,14-15H,3-5H2,1-2H3/b10-7+/t8?,9-,13?/m1/s1. The Kier molecular flexibility index (Phi) is 3.00. The highest BCUT2D eigenvalue weighted by atomic mass is 16.6. The Morgan fingerprint density at radius 1 is 1.65 bits per heavy atom. The fraction of sp³-hybridized carbons (Fsp3) is 0.615. The molecule has 2 aliphatic rings. The Morgan fingerprint density at radius 3 is 2.94 bits per heavy atom. The van der Waals surface area contributed by atoms with E-state index in [1.165, 1.54) is 0 Å². The van der Waals surface area contributed by atoms with Gasteiger partial charge in [0.05, 0.1) is 17.9 Å². The Balaban J connectivity index is 2.52. The summed E-state index contributed by atoms with van der Waals surface area (Å²) in [7, 11) is 0. The third-order valence-electron chi connectivity index (χ3n) is 3.90. The van der Waals surface area contributed by atoms with E-state index in [1.54, 1.807) is 13.0 Å². The van der Waals surface area contributed by atoms with E-state index >= 15 is 0 Å². The lowest BCUT2D eigenvalue weighted by atomic mass is 9.68. The van der Waals surface area contributed by atoms with Crippen LogP contribution >= 0.6 is 0 Å². The first kappa shape index (κ1) is 12.2. The normalized spacial score (nSPS) is 37.1. The summed E-state index contributed by atoms with van der Waals surface area (Å²) in [5.41, 5.74) is 0.165. The molecule has 4 heteroatoms. The van der Waals surface area contributed by atoms with Gasteiger partial charge in [-0.1, -0.05) is 6.92 Å². The maximum atomic E-state index is 11.7. The number of hydrogen-bond donors (Lipinski definition) is 2. The van der Waals surface area contributed by atoms with Crippen LogP contribution in [-0.2, 0) is 9.53 Å². The molecule has 0 bridgehead atoms. The Morgan fingerprint density at radius 2 is 2.35 bits per heavy atom. The molecule has 1 heterocycles. The van der Waals surface area contributed by atoms with Gasteiger partial charge in [-0.3, -0.25) is 0 Å². The Bertz CT molecular complexity index is 394. The molecule has 1 saturated carbocycles. The fourth-order valence-electron chi connectivity index (χ4n) is 2.99. The third-order valence-corrected chi connectivity index (χ3v) is 3.90. The van der Waals surface area contributed by atoms with Gasteiger partial charge in [-0.05, 0) is 37.8 Å². The van der Waals surface area contributed by atoms with E-state index in [2.05, 4.69) is 0 Å². The largest absolute Gasteiger partial charge is 0.515 e. The number of ether oxygens (including phenoxy) is 1. The molecule has 0 saturated heterocycles. The molecule has 94 valence electrons. The molecule has 0 amide bonds. The van der Waals surface area contributed by atoms with Crippen molar-refractivity contribution in [2.75, 3.05) is 0 Å². The van der Waals surface area contributed by atoms with E-state index in [-0.39, 0.29) is 11.5 Å². The summed E-state index contributed by atoms with van der Waals surface area (Å²) < 4.78 is 5.47. The molecule has 2 unspecified atom stereocenters. The van der Waals surface area contributed by atoms with Crippen LogP contribution in [0.4, 0.5) is 0 Å². The predicted octanol–water partition coefficient (Wildman–Crippen LogP) is 1.85. The van der Waals surface area contributed by atoms with Gasteiger partial charge >= 0.3 is 5.97 Å². The maximum absolute atomic E-state index is 11.7. The van der Waals surface area contributed by atoms with Crippen molar-refractivity contribution < 1.29 is 19.7 Å². The molecule has 0 radical (unpaired) electrons. The molecular weight excluding hydrogens is 220 g/mol. The van der Waals surface area contributed by atoms with E-state index in [4.69, 9.17) is 9.84 Å². The van der Waals surface area contributed by atoms with Gasteiger partial charge in [0, 0.05) is 5.92 Å². The fourth-order valence-corrected chi connectivity index (χ4v) is 2.99. The topological polar surface area (TPSA) is 66.8 Å². The first-order valence-corrected chi connectivity index (χ1v) is 5.99. The van der Waals surface area contributed by atoms with E-state index in [9.17, 15) is 9.90 Å². The highest BCUT2D eigenvalue weighted by molar-refractivity contribution is 5.93. The van der Waals surface area contributed by atoms with Gasteiger partial charge in [-0.2, -0.15) is 0 Å². The summed E-state index contributed by atoms with van der Waals surface area (Å²) in [5, 5.41) is 19.0. The average Bonchev–Trinajstić information content (AvgIpc) is 2.29. The van der Waals surface area contributed by atoms with Crippen LogP contribution in [0.25, 0.3) is 0 Å². The number of hydrogen-bond acceptors (Lipinski definition) is 4. The van der Waals surface area contributed by atoms with Crippen LogP contribution in [0, 0.1) is 5.92 Å². The molecule has 17 heavy (non-hydrogen) atoms. The highest BCUT2D eigenvalue weighted by Gasteiger charge is 2.51. The summed E-state index contributed by atoms with van der Waals surface area (Å²) in [4.78, 5) is 11.7. The number of rotatable bonds is 1. The van der Waals surface area contributed by atoms with Crippen molar-refractivity contribution in [1.29, 1.82) is 0 Å². The van der Waals surface area contributed by atoms with E-state index in [1.807, 2.05) is 6.92 Å². The van der Waals surface area contributed by atoms with Crippen molar-refractivity contribution in [3.63, 3.8) is 0 Å². The average molecular weight is 238 g/mol. The second kappa shape index (κ2) is 4.18. The van der Waals surface area contributed by atoms with Crippen LogP contribution in [0.5, 0.6) is 0 Å². The molecule has 1 fully saturated rings. The summed E-state index contributed by atoms with van der Waals surface area (Å²) in [6.07, 6.45) is 4.41. The molecule has 1 aliphatic heterocycles. The molecule has 2 rings (SSSR count). The van der Waals surface area contributed by atoms with Gasteiger partial charge in [-0.25, -0.2) is 4.79 Å². The van der Waals surface area contributed by atoms with Crippen molar-refractivity contribution in [2.45, 2.75) is 44.8 Å². The minimum atomic E-state index is -0.901. The quantitative estimate of drug-likeness (QED) is 0.415. The number of carbonyl (C=O) groups is 1. The molecule has 1 aliphatic carbocycles. The second-order valence-corrected chi connectivity index (χ2v) is 4.91. The third kappa shape index (κ3) is 1.67. The Hall–Kier alpha value is -1.29. The number of fused-ring (bicyclic) bond motifs is 1. The molecule has 3 atom stereocenters. The summed E-state index contributed by atoms with van der Waals surface area (Å²) in [6.45, 7) is 3.64. The monoisotopic (exact) mass is 238 g/mol. The summed E-state index contributed by atoms with van der Waals surface area (Å²) in [5.74, 6) is -0.474. The first-order chi connectivity index (χ1) is 8.02. The first-order valence-electron chi connectivity index (χ1n) is 5.99. The zero-order valence-electron chi connectivity index (χ0n) is 10.1. The molecule has 4 nitrogen and oxygen atoms in total.